The van der Waals surface area contributed by atoms with E-state index in [2.05, 4.69) is 17.0 Å². The molecule has 0 heterocycles. The Bertz CT molecular complexity index is 555. The minimum atomic E-state index is -0.580. The molecular formula is C15H17NOS2. The van der Waals surface area contributed by atoms with Crippen molar-refractivity contribution in [3.63, 3.8) is 0 Å². The predicted octanol–water partition coefficient (Wildman–Crippen LogP) is 3.45. The molecule has 19 heavy (non-hydrogen) atoms. The van der Waals surface area contributed by atoms with Crippen molar-refractivity contribution in [2.24, 2.45) is 0 Å². The molecule has 0 aliphatic carbocycles. The van der Waals surface area contributed by atoms with Crippen LogP contribution in [-0.4, -0.2) is 12.2 Å². The molecule has 0 radical (unpaired) electrons. The van der Waals surface area contributed by atoms with E-state index in [1.807, 2.05) is 60.9 Å². The molecule has 2 aromatic rings. The van der Waals surface area contributed by atoms with Crippen molar-refractivity contribution in [2.45, 2.75) is 11.4 Å². The fourth-order valence-electron chi connectivity index (χ4n) is 1.82. The van der Waals surface area contributed by atoms with Gasteiger partial charge in [0.05, 0.1) is 5.56 Å². The fraction of sp³-hybridized carbons (Fsp3) is 0.133. The van der Waals surface area contributed by atoms with Crippen LogP contribution in [0.4, 0.5) is 0 Å². The third-order valence-electron chi connectivity index (χ3n) is 2.79. The van der Waals surface area contributed by atoms with E-state index in [1.165, 1.54) is 0 Å². The largest absolute Gasteiger partial charge is 0.348 e. The van der Waals surface area contributed by atoms with Crippen LogP contribution in [0.2, 0.25) is 0 Å². The first kappa shape index (κ1) is 14.0. The smallest absolute Gasteiger partial charge is 0.252 e. The Morgan fingerprint density at radius 3 is 2.42 bits per heavy atom. The second-order valence-corrected chi connectivity index (χ2v) is 7.54. The molecule has 0 saturated heterocycles. The van der Waals surface area contributed by atoms with Gasteiger partial charge in [-0.3, -0.25) is 4.79 Å². The van der Waals surface area contributed by atoms with Gasteiger partial charge in [-0.25, -0.2) is 0 Å². The molecule has 0 aliphatic rings. The van der Waals surface area contributed by atoms with Crippen molar-refractivity contribution < 1.29 is 4.79 Å². The topological polar surface area (TPSA) is 29.1 Å². The van der Waals surface area contributed by atoms with Crippen LogP contribution in [0.15, 0.2) is 59.5 Å². The van der Waals surface area contributed by atoms with Crippen molar-refractivity contribution >= 4 is 27.5 Å². The highest BCUT2D eigenvalue weighted by Gasteiger charge is 2.11. The molecule has 100 valence electrons. The number of nitrogens with one attached hydrogen (secondary N) is 1. The molecule has 0 fully saturated rings. The molecule has 0 aromatic heterocycles. The van der Waals surface area contributed by atoms with E-state index >= 15 is 0 Å². The zero-order valence-electron chi connectivity index (χ0n) is 10.7. The molecule has 2 aromatic carbocycles. The Kier molecular flexibility index (Phi) is 4.93. The summed E-state index contributed by atoms with van der Waals surface area (Å²) in [5.74, 6) is -0.0390. The van der Waals surface area contributed by atoms with Gasteiger partial charge in [0.15, 0.2) is 0 Å². The summed E-state index contributed by atoms with van der Waals surface area (Å²) < 4.78 is 0. The third-order valence-corrected chi connectivity index (χ3v) is 4.53. The summed E-state index contributed by atoms with van der Waals surface area (Å²) in [5, 5.41) is 2.95. The number of hydrogen-bond acceptors (Lipinski definition) is 2. The Hall–Kier alpha value is -1.39. The van der Waals surface area contributed by atoms with Crippen LogP contribution in [-0.2, 0) is 6.54 Å². The molecule has 0 bridgehead atoms. The summed E-state index contributed by atoms with van der Waals surface area (Å²) in [6.07, 6.45) is 2.03. The predicted molar refractivity (Wildman–Crippen MR) is 86.2 cm³/mol. The monoisotopic (exact) mass is 291 g/mol. The summed E-state index contributed by atoms with van der Waals surface area (Å²) in [6, 6.07) is 17.5. The Morgan fingerprint density at radius 1 is 1.11 bits per heavy atom. The SMILES string of the molecule is C[SH](S)c1ccccc1C(=O)NCc1ccccc1. The summed E-state index contributed by atoms with van der Waals surface area (Å²) in [7, 11) is -0.580. The quantitative estimate of drug-likeness (QED) is 0.584. The lowest BCUT2D eigenvalue weighted by atomic mass is 10.2. The highest BCUT2D eigenvalue weighted by molar-refractivity contribution is 8.77. The van der Waals surface area contributed by atoms with Crippen molar-refractivity contribution in [1.82, 2.24) is 5.32 Å². The lowest BCUT2D eigenvalue weighted by Crippen LogP contribution is -2.23. The van der Waals surface area contributed by atoms with Crippen LogP contribution >= 0.6 is 21.6 Å². The molecular weight excluding hydrogens is 274 g/mol. The van der Waals surface area contributed by atoms with Crippen molar-refractivity contribution in [3.8, 4) is 0 Å². The number of carbonyl (C=O) groups is 1. The third kappa shape index (κ3) is 3.78. The first-order valence-corrected chi connectivity index (χ1v) is 8.96. The molecule has 1 amide bonds. The van der Waals surface area contributed by atoms with Crippen LogP contribution < -0.4 is 5.32 Å². The zero-order chi connectivity index (χ0) is 13.7. The van der Waals surface area contributed by atoms with Gasteiger partial charge < -0.3 is 5.32 Å². The van der Waals surface area contributed by atoms with Gasteiger partial charge in [0, 0.05) is 11.4 Å². The van der Waals surface area contributed by atoms with E-state index in [0.717, 1.165) is 16.0 Å². The fourth-order valence-corrected chi connectivity index (χ4v) is 3.17. The van der Waals surface area contributed by atoms with Gasteiger partial charge >= 0.3 is 0 Å². The minimum Gasteiger partial charge on any atom is -0.348 e. The maximum atomic E-state index is 12.2. The average molecular weight is 291 g/mol. The maximum Gasteiger partial charge on any atom is 0.252 e. The van der Waals surface area contributed by atoms with Gasteiger partial charge in [0.25, 0.3) is 5.91 Å². The lowest BCUT2D eigenvalue weighted by Gasteiger charge is -2.14. The summed E-state index contributed by atoms with van der Waals surface area (Å²) in [5.41, 5.74) is 1.82. The average Bonchev–Trinajstić information content (AvgIpc) is 2.46. The molecule has 2 rings (SSSR count). The molecule has 1 unspecified atom stereocenters. The van der Waals surface area contributed by atoms with Crippen LogP contribution in [0.5, 0.6) is 0 Å². The number of benzene rings is 2. The summed E-state index contributed by atoms with van der Waals surface area (Å²) >= 11 is 4.47. The molecule has 1 atom stereocenters. The molecule has 0 aliphatic heterocycles. The van der Waals surface area contributed by atoms with Gasteiger partial charge in [0.2, 0.25) is 0 Å². The van der Waals surface area contributed by atoms with E-state index < -0.39 is 9.93 Å². The molecule has 1 N–H and O–H groups in total. The maximum absolute atomic E-state index is 12.2. The molecule has 0 spiro atoms. The van der Waals surface area contributed by atoms with E-state index in [-0.39, 0.29) is 5.91 Å². The number of amides is 1. The summed E-state index contributed by atoms with van der Waals surface area (Å²) in [6.45, 7) is 0.544. The molecule has 0 saturated carbocycles. The summed E-state index contributed by atoms with van der Waals surface area (Å²) in [4.78, 5) is 13.2. The first-order chi connectivity index (χ1) is 9.18. The number of hydrogen-bond donors (Lipinski definition) is 3. The normalized spacial score (nSPS) is 12.8. The van der Waals surface area contributed by atoms with E-state index in [0.29, 0.717) is 6.54 Å². The number of rotatable bonds is 4. The van der Waals surface area contributed by atoms with Gasteiger partial charge in [-0.2, -0.15) is 9.93 Å². The van der Waals surface area contributed by atoms with Crippen molar-refractivity contribution in [2.75, 3.05) is 6.26 Å². The van der Waals surface area contributed by atoms with Crippen molar-refractivity contribution in [3.05, 3.63) is 65.7 Å². The number of carbonyl (C=O) groups excluding carboxylic acids is 1. The standard InChI is InChI=1S/C15H17NOS2/c1-19(18)14-10-6-5-9-13(14)15(17)16-11-12-7-3-2-4-8-12/h2-10,18-19H,11H2,1H3,(H,16,17). The highest BCUT2D eigenvalue weighted by Crippen LogP contribution is 2.38. The Morgan fingerprint density at radius 2 is 1.74 bits per heavy atom. The Labute approximate surface area is 121 Å². The second kappa shape index (κ2) is 6.68. The van der Waals surface area contributed by atoms with Crippen molar-refractivity contribution in [1.29, 1.82) is 0 Å². The highest BCUT2D eigenvalue weighted by atomic mass is 33.1. The molecule has 4 heteroatoms. The second-order valence-electron chi connectivity index (χ2n) is 4.21. The van der Waals surface area contributed by atoms with E-state index in [4.69, 9.17) is 0 Å². The lowest BCUT2D eigenvalue weighted by molar-refractivity contribution is 0.0948. The van der Waals surface area contributed by atoms with Gasteiger partial charge in [-0.15, -0.1) is 11.7 Å². The van der Waals surface area contributed by atoms with E-state index in [9.17, 15) is 4.79 Å². The minimum absolute atomic E-state index is 0.0390. The van der Waals surface area contributed by atoms with Gasteiger partial charge in [0.1, 0.15) is 0 Å². The zero-order valence-corrected chi connectivity index (χ0v) is 12.5. The van der Waals surface area contributed by atoms with Crippen LogP contribution in [0, 0.1) is 0 Å². The van der Waals surface area contributed by atoms with Crippen LogP contribution in [0.3, 0.4) is 0 Å². The number of thiol groups is 2. The Balaban J connectivity index is 2.08. The van der Waals surface area contributed by atoms with Gasteiger partial charge in [-0.1, -0.05) is 42.5 Å². The van der Waals surface area contributed by atoms with Crippen LogP contribution in [0.25, 0.3) is 0 Å². The van der Waals surface area contributed by atoms with Crippen LogP contribution in [0.1, 0.15) is 15.9 Å². The van der Waals surface area contributed by atoms with Gasteiger partial charge in [-0.05, 0) is 24.0 Å². The molecule has 2 nitrogen and oxygen atoms in total. The first-order valence-electron chi connectivity index (χ1n) is 6.02. The van der Waals surface area contributed by atoms with E-state index in [1.54, 1.807) is 0 Å².